The van der Waals surface area contributed by atoms with E-state index < -0.39 is 5.60 Å². The SMILES string of the molecule is CO[C@@]12C=C[C@@H](CC1)C1=C2C(=O)c2c(O)cccc2C1=O. The molecule has 2 bridgehead atoms. The molecule has 0 aliphatic heterocycles. The van der Waals surface area contributed by atoms with Crippen LogP contribution in [0.3, 0.4) is 0 Å². The fraction of sp³-hybridized carbons (Fsp3) is 0.294. The fourth-order valence-electron chi connectivity index (χ4n) is 3.79. The van der Waals surface area contributed by atoms with Crippen molar-refractivity contribution >= 4 is 11.6 Å². The lowest BCUT2D eigenvalue weighted by molar-refractivity contribution is 0.0342. The Balaban J connectivity index is 2.03. The average molecular weight is 282 g/mol. The highest BCUT2D eigenvalue weighted by Crippen LogP contribution is 2.50. The Morgan fingerprint density at radius 2 is 2.10 bits per heavy atom. The Kier molecular flexibility index (Phi) is 2.34. The third kappa shape index (κ3) is 1.38. The zero-order valence-corrected chi connectivity index (χ0v) is 11.6. The van der Waals surface area contributed by atoms with Crippen LogP contribution in [-0.4, -0.2) is 29.4 Å². The molecule has 4 heteroatoms. The van der Waals surface area contributed by atoms with Crippen molar-refractivity contribution in [2.24, 2.45) is 5.92 Å². The molecule has 0 fully saturated rings. The summed E-state index contributed by atoms with van der Waals surface area (Å²) in [5.41, 5.74) is 0.553. The highest BCUT2D eigenvalue weighted by molar-refractivity contribution is 6.29. The second-order valence-electron chi connectivity index (χ2n) is 5.74. The molecule has 0 heterocycles. The number of allylic oxidation sites excluding steroid dienone is 2. The first kappa shape index (κ1) is 12.5. The van der Waals surface area contributed by atoms with Crippen molar-refractivity contribution in [3.05, 3.63) is 52.6 Å². The van der Waals surface area contributed by atoms with Gasteiger partial charge in [-0.15, -0.1) is 0 Å². The quantitative estimate of drug-likeness (QED) is 0.803. The Hall–Kier alpha value is -2.20. The molecular weight excluding hydrogens is 268 g/mol. The Morgan fingerprint density at radius 1 is 1.29 bits per heavy atom. The molecule has 4 aliphatic carbocycles. The summed E-state index contributed by atoms with van der Waals surface area (Å²) in [6.07, 6.45) is 5.34. The maximum atomic E-state index is 12.9. The lowest BCUT2D eigenvalue weighted by Gasteiger charge is -2.44. The van der Waals surface area contributed by atoms with Gasteiger partial charge < -0.3 is 9.84 Å². The van der Waals surface area contributed by atoms with E-state index in [2.05, 4.69) is 0 Å². The Labute approximate surface area is 121 Å². The number of methoxy groups -OCH3 is 1. The molecule has 4 nitrogen and oxygen atoms in total. The summed E-state index contributed by atoms with van der Waals surface area (Å²) in [7, 11) is 1.55. The van der Waals surface area contributed by atoms with Gasteiger partial charge in [-0.25, -0.2) is 0 Å². The number of fused-ring (bicyclic) bond motifs is 2. The maximum Gasteiger partial charge on any atom is 0.197 e. The number of ketones is 2. The summed E-state index contributed by atoms with van der Waals surface area (Å²) in [4.78, 5) is 25.7. The van der Waals surface area contributed by atoms with Crippen molar-refractivity contribution in [1.82, 2.24) is 0 Å². The van der Waals surface area contributed by atoms with E-state index in [-0.39, 0.29) is 28.8 Å². The van der Waals surface area contributed by atoms with E-state index in [1.165, 1.54) is 6.07 Å². The molecular formula is C17H14O4. The van der Waals surface area contributed by atoms with Crippen LogP contribution in [0.4, 0.5) is 0 Å². The van der Waals surface area contributed by atoms with E-state index in [0.717, 1.165) is 6.42 Å². The third-order valence-electron chi connectivity index (χ3n) is 4.84. The number of phenols is 1. The predicted octanol–water partition coefficient (Wildman–Crippen LogP) is 2.43. The molecule has 0 saturated heterocycles. The van der Waals surface area contributed by atoms with Gasteiger partial charge in [0.15, 0.2) is 11.6 Å². The van der Waals surface area contributed by atoms with Crippen LogP contribution in [0.15, 0.2) is 41.5 Å². The molecule has 1 N–H and O–H groups in total. The minimum atomic E-state index is -0.823. The molecule has 0 aromatic heterocycles. The van der Waals surface area contributed by atoms with Gasteiger partial charge in [-0.2, -0.15) is 0 Å². The van der Waals surface area contributed by atoms with Crippen molar-refractivity contribution in [2.45, 2.75) is 18.4 Å². The molecule has 0 unspecified atom stereocenters. The van der Waals surface area contributed by atoms with Crippen LogP contribution in [0, 0.1) is 5.92 Å². The molecule has 0 radical (unpaired) electrons. The van der Waals surface area contributed by atoms with Crippen LogP contribution in [0.5, 0.6) is 5.75 Å². The molecule has 5 rings (SSSR count). The number of hydrogen-bond acceptors (Lipinski definition) is 4. The summed E-state index contributed by atoms with van der Waals surface area (Å²) in [5.74, 6) is -0.613. The Morgan fingerprint density at radius 3 is 2.76 bits per heavy atom. The number of Topliss-reactive ketones (excluding diaryl/α,β-unsaturated/α-hetero) is 2. The molecule has 106 valence electrons. The number of aromatic hydroxyl groups is 1. The van der Waals surface area contributed by atoms with E-state index in [0.29, 0.717) is 23.1 Å². The predicted molar refractivity (Wildman–Crippen MR) is 75.4 cm³/mol. The van der Waals surface area contributed by atoms with Gasteiger partial charge in [0.25, 0.3) is 0 Å². The second kappa shape index (κ2) is 3.92. The minimum absolute atomic E-state index is 0.0241. The molecule has 2 atom stereocenters. The molecule has 1 aromatic rings. The van der Waals surface area contributed by atoms with Crippen LogP contribution in [0.25, 0.3) is 0 Å². The normalized spacial score (nSPS) is 29.7. The number of benzene rings is 1. The van der Waals surface area contributed by atoms with Crippen LogP contribution in [0.2, 0.25) is 0 Å². The summed E-state index contributed by atoms with van der Waals surface area (Å²) in [6.45, 7) is 0. The lowest BCUT2D eigenvalue weighted by atomic mass is 9.62. The van der Waals surface area contributed by atoms with Crippen molar-refractivity contribution in [3.8, 4) is 5.75 Å². The highest BCUT2D eigenvalue weighted by Gasteiger charge is 2.51. The first-order valence-electron chi connectivity index (χ1n) is 6.99. The van der Waals surface area contributed by atoms with E-state index in [4.69, 9.17) is 4.74 Å². The van der Waals surface area contributed by atoms with Gasteiger partial charge in [-0.3, -0.25) is 9.59 Å². The fourth-order valence-corrected chi connectivity index (χ4v) is 3.79. The number of hydrogen-bond donors (Lipinski definition) is 1. The van der Waals surface area contributed by atoms with E-state index in [1.807, 2.05) is 12.2 Å². The average Bonchev–Trinajstić information content (AvgIpc) is 2.52. The molecule has 0 saturated carbocycles. The molecule has 1 aromatic carbocycles. The smallest absolute Gasteiger partial charge is 0.197 e. The number of rotatable bonds is 1. The second-order valence-corrected chi connectivity index (χ2v) is 5.74. The monoisotopic (exact) mass is 282 g/mol. The summed E-state index contributed by atoms with van der Waals surface area (Å²) < 4.78 is 5.61. The lowest BCUT2D eigenvalue weighted by Crippen LogP contribution is -2.47. The largest absolute Gasteiger partial charge is 0.507 e. The number of carbonyl (C=O) groups is 2. The zero-order chi connectivity index (χ0) is 14.8. The van der Waals surface area contributed by atoms with Crippen molar-refractivity contribution in [2.75, 3.05) is 7.11 Å². The molecule has 4 aliphatic rings. The standard InChI is InChI=1S/C17H14O4/c1-21-17-7-5-9(6-8-17)12-14(17)16(20)13-10(15(12)19)3-2-4-11(13)18/h2-5,7,9,18H,6,8H2,1H3/t9-,17-/m0/s1. The first-order chi connectivity index (χ1) is 10.1. The van der Waals surface area contributed by atoms with Crippen LogP contribution >= 0.6 is 0 Å². The molecule has 21 heavy (non-hydrogen) atoms. The number of ether oxygens (including phenoxy) is 1. The van der Waals surface area contributed by atoms with Crippen LogP contribution < -0.4 is 0 Å². The van der Waals surface area contributed by atoms with Crippen molar-refractivity contribution in [3.63, 3.8) is 0 Å². The van der Waals surface area contributed by atoms with Gasteiger partial charge in [-0.1, -0.05) is 24.3 Å². The van der Waals surface area contributed by atoms with Gasteiger partial charge in [0.05, 0.1) is 5.56 Å². The highest BCUT2D eigenvalue weighted by atomic mass is 16.5. The topological polar surface area (TPSA) is 63.6 Å². The molecule has 0 amide bonds. The molecule has 0 spiro atoms. The van der Waals surface area contributed by atoms with E-state index >= 15 is 0 Å². The van der Waals surface area contributed by atoms with E-state index in [9.17, 15) is 14.7 Å². The number of phenolic OH excluding ortho intramolecular Hbond substituents is 1. The first-order valence-corrected chi connectivity index (χ1v) is 6.99. The zero-order valence-electron chi connectivity index (χ0n) is 11.6. The van der Waals surface area contributed by atoms with Crippen LogP contribution in [0.1, 0.15) is 33.6 Å². The summed E-state index contributed by atoms with van der Waals surface area (Å²) in [6, 6.07) is 4.63. The van der Waals surface area contributed by atoms with Gasteiger partial charge in [0.2, 0.25) is 0 Å². The Bertz CT molecular complexity index is 756. The summed E-state index contributed by atoms with van der Waals surface area (Å²) in [5, 5.41) is 10.0. The maximum absolute atomic E-state index is 12.9. The van der Waals surface area contributed by atoms with Gasteiger partial charge in [0, 0.05) is 29.7 Å². The van der Waals surface area contributed by atoms with Gasteiger partial charge >= 0.3 is 0 Å². The van der Waals surface area contributed by atoms with Gasteiger partial charge in [0.1, 0.15) is 11.4 Å². The van der Waals surface area contributed by atoms with Crippen LogP contribution in [-0.2, 0) is 4.74 Å². The van der Waals surface area contributed by atoms with E-state index in [1.54, 1.807) is 19.2 Å². The van der Waals surface area contributed by atoms with Crippen molar-refractivity contribution in [1.29, 1.82) is 0 Å². The number of carbonyl (C=O) groups excluding carboxylic acids is 2. The minimum Gasteiger partial charge on any atom is -0.507 e. The third-order valence-corrected chi connectivity index (χ3v) is 4.84. The summed E-state index contributed by atoms with van der Waals surface area (Å²) >= 11 is 0. The van der Waals surface area contributed by atoms with Crippen molar-refractivity contribution < 1.29 is 19.4 Å². The van der Waals surface area contributed by atoms with Gasteiger partial charge in [-0.05, 0) is 18.9 Å².